The van der Waals surface area contributed by atoms with Crippen molar-refractivity contribution in [3.63, 3.8) is 0 Å². The van der Waals surface area contributed by atoms with E-state index in [-0.39, 0.29) is 12.4 Å². The summed E-state index contributed by atoms with van der Waals surface area (Å²) < 4.78 is 39.2. The largest absolute Gasteiger partial charge is 0.411 e. The van der Waals surface area contributed by atoms with Crippen LogP contribution < -0.4 is 10.6 Å². The monoisotopic (exact) mass is 276 g/mol. The molecular formula is C9H16ClF3N2O2. The van der Waals surface area contributed by atoms with Gasteiger partial charge in [-0.25, -0.2) is 0 Å². The fraction of sp³-hybridized carbons (Fsp3) is 0.889. The average molecular weight is 277 g/mol. The van der Waals surface area contributed by atoms with Gasteiger partial charge in [0.05, 0.1) is 0 Å². The molecule has 1 saturated heterocycles. The van der Waals surface area contributed by atoms with Crippen LogP contribution in [0.25, 0.3) is 0 Å². The van der Waals surface area contributed by atoms with Crippen LogP contribution in [-0.4, -0.2) is 44.9 Å². The number of halogens is 4. The summed E-state index contributed by atoms with van der Waals surface area (Å²) in [6, 6.07) is 0. The van der Waals surface area contributed by atoms with Gasteiger partial charge in [-0.15, -0.1) is 12.4 Å². The molecule has 1 unspecified atom stereocenters. The van der Waals surface area contributed by atoms with Gasteiger partial charge in [0, 0.05) is 6.54 Å². The molecule has 0 spiro atoms. The van der Waals surface area contributed by atoms with E-state index in [0.717, 1.165) is 19.5 Å². The molecule has 1 fully saturated rings. The van der Waals surface area contributed by atoms with E-state index in [9.17, 15) is 18.0 Å². The third-order valence-electron chi connectivity index (χ3n) is 2.25. The van der Waals surface area contributed by atoms with Crippen molar-refractivity contribution in [2.24, 2.45) is 5.92 Å². The first kappa shape index (κ1) is 16.5. The highest BCUT2D eigenvalue weighted by molar-refractivity contribution is 5.85. The van der Waals surface area contributed by atoms with E-state index in [2.05, 4.69) is 15.4 Å². The molecule has 8 heteroatoms. The van der Waals surface area contributed by atoms with Crippen LogP contribution >= 0.6 is 12.4 Å². The Hall–Kier alpha value is -0.530. The van der Waals surface area contributed by atoms with Crippen LogP contribution in [-0.2, 0) is 9.53 Å². The molecule has 0 aliphatic carbocycles. The van der Waals surface area contributed by atoms with Crippen molar-refractivity contribution in [1.29, 1.82) is 0 Å². The Labute approximate surface area is 104 Å². The van der Waals surface area contributed by atoms with Gasteiger partial charge in [0.15, 0.2) is 0 Å². The maximum atomic E-state index is 11.7. The van der Waals surface area contributed by atoms with E-state index >= 15 is 0 Å². The first-order valence-corrected chi connectivity index (χ1v) is 5.09. The first-order valence-electron chi connectivity index (χ1n) is 5.09. The SMILES string of the molecule is Cl.O=C(COCC(F)(F)F)NCC1CCNC1. The van der Waals surface area contributed by atoms with Crippen LogP contribution in [0.1, 0.15) is 6.42 Å². The van der Waals surface area contributed by atoms with Crippen LogP contribution in [0.15, 0.2) is 0 Å². The third kappa shape index (κ3) is 8.23. The number of rotatable bonds is 5. The lowest BCUT2D eigenvalue weighted by Gasteiger charge is -2.11. The van der Waals surface area contributed by atoms with Crippen molar-refractivity contribution in [1.82, 2.24) is 10.6 Å². The van der Waals surface area contributed by atoms with Crippen molar-refractivity contribution in [3.05, 3.63) is 0 Å². The van der Waals surface area contributed by atoms with E-state index in [1.165, 1.54) is 0 Å². The summed E-state index contributed by atoms with van der Waals surface area (Å²) in [5.74, 6) is -0.136. The topological polar surface area (TPSA) is 50.4 Å². The number of alkyl halides is 3. The highest BCUT2D eigenvalue weighted by Gasteiger charge is 2.27. The van der Waals surface area contributed by atoms with Gasteiger partial charge in [0.25, 0.3) is 0 Å². The zero-order valence-corrected chi connectivity index (χ0v) is 10.00. The Morgan fingerprint density at radius 2 is 2.18 bits per heavy atom. The molecule has 0 saturated carbocycles. The normalized spacial score (nSPS) is 19.8. The molecule has 102 valence electrons. The minimum absolute atomic E-state index is 0. The summed E-state index contributed by atoms with van der Waals surface area (Å²) in [5.41, 5.74) is 0. The Kier molecular flexibility index (Phi) is 7.49. The molecule has 17 heavy (non-hydrogen) atoms. The average Bonchev–Trinajstić information content (AvgIpc) is 2.65. The second-order valence-electron chi connectivity index (χ2n) is 3.77. The number of ether oxygens (including phenoxy) is 1. The molecule has 1 aliphatic rings. The summed E-state index contributed by atoms with van der Waals surface area (Å²) >= 11 is 0. The van der Waals surface area contributed by atoms with Gasteiger partial charge in [0.1, 0.15) is 13.2 Å². The zero-order chi connectivity index (χ0) is 12.0. The number of hydrogen-bond donors (Lipinski definition) is 2. The summed E-state index contributed by atoms with van der Waals surface area (Å²) in [4.78, 5) is 11.1. The molecular weight excluding hydrogens is 261 g/mol. The minimum atomic E-state index is -4.38. The fourth-order valence-electron chi connectivity index (χ4n) is 1.46. The zero-order valence-electron chi connectivity index (χ0n) is 9.18. The number of carbonyl (C=O) groups excluding carboxylic acids is 1. The van der Waals surface area contributed by atoms with Crippen LogP contribution in [0.2, 0.25) is 0 Å². The van der Waals surface area contributed by atoms with Crippen LogP contribution in [0.5, 0.6) is 0 Å². The molecule has 0 aromatic heterocycles. The third-order valence-corrected chi connectivity index (χ3v) is 2.25. The van der Waals surface area contributed by atoms with Crippen LogP contribution in [0.4, 0.5) is 13.2 Å². The molecule has 0 aromatic carbocycles. The molecule has 1 amide bonds. The first-order chi connectivity index (χ1) is 7.47. The molecule has 4 nitrogen and oxygen atoms in total. The van der Waals surface area contributed by atoms with E-state index < -0.39 is 25.3 Å². The van der Waals surface area contributed by atoms with Crippen LogP contribution in [0, 0.1) is 5.92 Å². The smallest absolute Gasteiger partial charge is 0.362 e. The van der Waals surface area contributed by atoms with Gasteiger partial charge in [-0.3, -0.25) is 4.79 Å². The van der Waals surface area contributed by atoms with E-state index in [4.69, 9.17) is 0 Å². The van der Waals surface area contributed by atoms with Gasteiger partial charge < -0.3 is 15.4 Å². The number of nitrogens with one attached hydrogen (secondary N) is 2. The van der Waals surface area contributed by atoms with Crippen molar-refractivity contribution in [2.75, 3.05) is 32.8 Å². The highest BCUT2D eigenvalue weighted by atomic mass is 35.5. The Bertz CT molecular complexity index is 233. The second kappa shape index (κ2) is 7.73. The maximum absolute atomic E-state index is 11.7. The van der Waals surface area contributed by atoms with E-state index in [1.54, 1.807) is 0 Å². The molecule has 2 N–H and O–H groups in total. The summed E-state index contributed by atoms with van der Waals surface area (Å²) in [6.45, 7) is 0.321. The predicted octanol–water partition coefficient (Wildman–Crippen LogP) is 0.713. The summed E-state index contributed by atoms with van der Waals surface area (Å²) in [7, 11) is 0. The fourth-order valence-corrected chi connectivity index (χ4v) is 1.46. The molecule has 0 radical (unpaired) electrons. The lowest BCUT2D eigenvalue weighted by molar-refractivity contribution is -0.175. The van der Waals surface area contributed by atoms with Crippen LogP contribution in [0.3, 0.4) is 0 Å². The van der Waals surface area contributed by atoms with E-state index in [1.807, 2.05) is 0 Å². The number of hydrogen-bond acceptors (Lipinski definition) is 3. The minimum Gasteiger partial charge on any atom is -0.362 e. The standard InChI is InChI=1S/C9H15F3N2O2.ClH/c10-9(11,12)6-16-5-8(15)14-4-7-1-2-13-3-7;/h7,13H,1-6H2,(H,14,15);1H. The van der Waals surface area contributed by atoms with Gasteiger partial charge >= 0.3 is 6.18 Å². The summed E-state index contributed by atoms with van der Waals surface area (Å²) in [6.07, 6.45) is -3.40. The molecule has 0 bridgehead atoms. The molecule has 1 aliphatic heterocycles. The Morgan fingerprint density at radius 1 is 1.47 bits per heavy atom. The molecule has 1 atom stereocenters. The van der Waals surface area contributed by atoms with Gasteiger partial charge in [-0.2, -0.15) is 13.2 Å². The predicted molar refractivity (Wildman–Crippen MR) is 58.1 cm³/mol. The Morgan fingerprint density at radius 3 is 2.71 bits per heavy atom. The Balaban J connectivity index is 0.00000256. The molecule has 1 heterocycles. The van der Waals surface area contributed by atoms with Crippen molar-refractivity contribution >= 4 is 18.3 Å². The number of amides is 1. The number of carbonyl (C=O) groups is 1. The maximum Gasteiger partial charge on any atom is 0.411 e. The van der Waals surface area contributed by atoms with Gasteiger partial charge in [-0.05, 0) is 25.4 Å². The second-order valence-corrected chi connectivity index (χ2v) is 3.77. The lowest BCUT2D eigenvalue weighted by atomic mass is 10.1. The van der Waals surface area contributed by atoms with Crippen molar-refractivity contribution in [2.45, 2.75) is 12.6 Å². The lowest BCUT2D eigenvalue weighted by Crippen LogP contribution is -2.34. The van der Waals surface area contributed by atoms with Crippen molar-refractivity contribution < 1.29 is 22.7 Å². The van der Waals surface area contributed by atoms with E-state index in [0.29, 0.717) is 12.5 Å². The van der Waals surface area contributed by atoms with Crippen molar-refractivity contribution in [3.8, 4) is 0 Å². The molecule has 0 aromatic rings. The summed E-state index contributed by atoms with van der Waals surface area (Å²) in [5, 5.41) is 5.67. The van der Waals surface area contributed by atoms with Gasteiger partial charge in [-0.1, -0.05) is 0 Å². The molecule has 1 rings (SSSR count). The van der Waals surface area contributed by atoms with Gasteiger partial charge in [0.2, 0.25) is 5.91 Å². The quantitative estimate of drug-likeness (QED) is 0.778. The highest BCUT2D eigenvalue weighted by Crippen LogP contribution is 2.14.